The minimum absolute atomic E-state index is 0.570. The second kappa shape index (κ2) is 12.8. The first-order valence-corrected chi connectivity index (χ1v) is 19.6. The second-order valence-electron chi connectivity index (χ2n) is 14.8. The van der Waals surface area contributed by atoms with Crippen LogP contribution >= 0.6 is 0 Å². The van der Waals surface area contributed by atoms with Gasteiger partial charge in [0, 0.05) is 38.1 Å². The van der Waals surface area contributed by atoms with Gasteiger partial charge in [-0.05, 0) is 70.1 Å². The fraction of sp³-hybridized carbons (Fsp3) is 0. The third-order valence-electron chi connectivity index (χ3n) is 11.5. The van der Waals surface area contributed by atoms with E-state index < -0.39 is 0 Å². The van der Waals surface area contributed by atoms with Crippen LogP contribution in [0.25, 0.3) is 111 Å². The summed E-state index contributed by atoms with van der Waals surface area (Å²) in [5.74, 6) is 1.80. The average molecular weight is 740 g/mol. The topological polar surface area (TPSA) is 48.0 Å². The van der Waals surface area contributed by atoms with Crippen LogP contribution in [0.3, 0.4) is 0 Å². The highest BCUT2D eigenvalue weighted by Gasteiger charge is 2.22. The minimum atomic E-state index is 0.570. The summed E-state index contributed by atoms with van der Waals surface area (Å²) in [4.78, 5) is 15.9. The number of para-hydroxylation sites is 2. The van der Waals surface area contributed by atoms with Gasteiger partial charge >= 0.3 is 0 Å². The first kappa shape index (κ1) is 32.4. The summed E-state index contributed by atoms with van der Waals surface area (Å²) in [6, 6.07) is 70.8. The Labute approximate surface area is 333 Å². The van der Waals surface area contributed by atoms with Gasteiger partial charge in [0.15, 0.2) is 11.6 Å². The molecule has 4 aromatic heterocycles. The lowest BCUT2D eigenvalue weighted by atomic mass is 10.0. The zero-order chi connectivity index (χ0) is 38.2. The van der Waals surface area contributed by atoms with Crippen molar-refractivity contribution < 1.29 is 0 Å². The van der Waals surface area contributed by atoms with E-state index in [0.29, 0.717) is 17.6 Å². The quantitative estimate of drug-likeness (QED) is 0.165. The zero-order valence-electron chi connectivity index (χ0n) is 31.3. The van der Waals surface area contributed by atoms with Gasteiger partial charge in [-0.1, -0.05) is 158 Å². The SMILES string of the molecule is c1ccc(-c2cccc(-c3nc(-c4cccc(-c5ccccc5)c4)nc(-n4c5ccccc5c5c6cc7c8ccccc8c8ccccc8n7c6ccc54)n3)c2)cc1. The normalized spacial score (nSPS) is 11.8. The van der Waals surface area contributed by atoms with Crippen LogP contribution in [0.1, 0.15) is 0 Å². The lowest BCUT2D eigenvalue weighted by Crippen LogP contribution is -2.06. The Hall–Kier alpha value is -7.89. The van der Waals surface area contributed by atoms with E-state index in [1.54, 1.807) is 0 Å². The van der Waals surface area contributed by atoms with E-state index in [9.17, 15) is 0 Å². The predicted molar refractivity (Wildman–Crippen MR) is 239 cm³/mol. The van der Waals surface area contributed by atoms with Crippen molar-refractivity contribution in [2.45, 2.75) is 0 Å². The zero-order valence-corrected chi connectivity index (χ0v) is 31.3. The van der Waals surface area contributed by atoms with Crippen LogP contribution in [0, 0.1) is 0 Å². The summed E-state index contributed by atoms with van der Waals surface area (Å²) in [7, 11) is 0. The van der Waals surface area contributed by atoms with Gasteiger partial charge in [-0.3, -0.25) is 4.57 Å². The van der Waals surface area contributed by atoms with Gasteiger partial charge in [-0.25, -0.2) is 4.98 Å². The molecule has 4 heterocycles. The molecular formula is C53H33N5. The lowest BCUT2D eigenvalue weighted by molar-refractivity contribution is 0.953. The summed E-state index contributed by atoms with van der Waals surface area (Å²) in [6.45, 7) is 0. The molecule has 0 bridgehead atoms. The number of benzene rings is 8. The summed E-state index contributed by atoms with van der Waals surface area (Å²) >= 11 is 0. The Morgan fingerprint density at radius 1 is 0.276 bits per heavy atom. The van der Waals surface area contributed by atoms with Crippen LogP contribution in [0.4, 0.5) is 0 Å². The van der Waals surface area contributed by atoms with Crippen molar-refractivity contribution in [3.05, 3.63) is 200 Å². The molecule has 0 radical (unpaired) electrons. The standard InChI is InChI=1S/C53H33N5/c1-3-15-34(16-4-1)36-19-13-21-38(31-36)51-54-52(39-22-14-20-37(32-39)35-17-5-2-6-18-35)56-53(55-51)58-46-28-12-10-26-43(46)50-44-33-49-42-25-8-7-23-40(42)41-24-9-11-27-45(41)57(49)47(44)29-30-48(50)58/h1-33H. The molecule has 0 saturated heterocycles. The molecule has 270 valence electrons. The van der Waals surface area contributed by atoms with Gasteiger partial charge in [-0.2, -0.15) is 9.97 Å². The second-order valence-corrected chi connectivity index (χ2v) is 14.8. The Morgan fingerprint density at radius 3 is 1.38 bits per heavy atom. The largest absolute Gasteiger partial charge is 0.309 e. The van der Waals surface area contributed by atoms with Crippen molar-refractivity contribution in [2.24, 2.45) is 0 Å². The van der Waals surface area contributed by atoms with E-state index in [1.165, 1.54) is 43.5 Å². The van der Waals surface area contributed by atoms with Crippen LogP contribution in [0.2, 0.25) is 0 Å². The third kappa shape index (κ3) is 5.00. The molecule has 0 aliphatic carbocycles. The van der Waals surface area contributed by atoms with Crippen LogP contribution < -0.4 is 0 Å². The fourth-order valence-electron chi connectivity index (χ4n) is 8.92. The monoisotopic (exact) mass is 739 g/mol. The molecule has 0 aliphatic heterocycles. The molecule has 5 heteroatoms. The molecule has 0 aliphatic rings. The molecule has 0 fully saturated rings. The number of hydrogen-bond donors (Lipinski definition) is 0. The maximum Gasteiger partial charge on any atom is 0.238 e. The van der Waals surface area contributed by atoms with Gasteiger partial charge in [-0.15, -0.1) is 0 Å². The Kier molecular flexibility index (Phi) is 7.16. The summed E-state index contributed by atoms with van der Waals surface area (Å²) in [6.07, 6.45) is 0. The smallest absolute Gasteiger partial charge is 0.238 e. The minimum Gasteiger partial charge on any atom is -0.309 e. The van der Waals surface area contributed by atoms with E-state index in [4.69, 9.17) is 15.0 Å². The van der Waals surface area contributed by atoms with E-state index in [0.717, 1.165) is 49.8 Å². The molecule has 0 saturated carbocycles. The fourth-order valence-corrected chi connectivity index (χ4v) is 8.92. The predicted octanol–water partition coefficient (Wildman–Crippen LogP) is 13.3. The molecular weight excluding hydrogens is 707 g/mol. The molecule has 12 aromatic rings. The first-order chi connectivity index (χ1) is 28.8. The Morgan fingerprint density at radius 2 is 0.741 bits per heavy atom. The van der Waals surface area contributed by atoms with Crippen molar-refractivity contribution in [1.29, 1.82) is 0 Å². The van der Waals surface area contributed by atoms with Gasteiger partial charge in [0.1, 0.15) is 0 Å². The van der Waals surface area contributed by atoms with Gasteiger partial charge < -0.3 is 4.40 Å². The molecule has 0 N–H and O–H groups in total. The first-order valence-electron chi connectivity index (χ1n) is 19.6. The molecule has 12 rings (SSSR count). The highest BCUT2D eigenvalue weighted by Crippen LogP contribution is 2.41. The van der Waals surface area contributed by atoms with E-state index in [-0.39, 0.29) is 0 Å². The van der Waals surface area contributed by atoms with Gasteiger partial charge in [0.05, 0.1) is 27.6 Å². The molecule has 0 spiro atoms. The van der Waals surface area contributed by atoms with Crippen molar-refractivity contribution in [2.75, 3.05) is 0 Å². The number of hydrogen-bond acceptors (Lipinski definition) is 3. The van der Waals surface area contributed by atoms with E-state index in [2.05, 4.69) is 197 Å². The van der Waals surface area contributed by atoms with Gasteiger partial charge in [0.2, 0.25) is 5.95 Å². The number of fused-ring (bicyclic) bond motifs is 12. The molecule has 0 unspecified atom stereocenters. The lowest BCUT2D eigenvalue weighted by Gasteiger charge is -2.12. The number of nitrogens with zero attached hydrogens (tertiary/aromatic N) is 5. The number of rotatable bonds is 5. The van der Waals surface area contributed by atoms with E-state index >= 15 is 0 Å². The van der Waals surface area contributed by atoms with Crippen LogP contribution in [0.5, 0.6) is 0 Å². The molecule has 0 amide bonds. The molecule has 58 heavy (non-hydrogen) atoms. The van der Waals surface area contributed by atoms with Crippen LogP contribution in [-0.2, 0) is 0 Å². The molecule has 8 aromatic carbocycles. The van der Waals surface area contributed by atoms with Crippen LogP contribution in [-0.4, -0.2) is 23.9 Å². The van der Waals surface area contributed by atoms with Crippen molar-refractivity contribution in [3.63, 3.8) is 0 Å². The maximum absolute atomic E-state index is 5.33. The van der Waals surface area contributed by atoms with Gasteiger partial charge in [0.25, 0.3) is 0 Å². The summed E-state index contributed by atoms with van der Waals surface area (Å²) in [5.41, 5.74) is 12.0. The Bertz CT molecular complexity index is 3460. The van der Waals surface area contributed by atoms with Crippen molar-refractivity contribution in [1.82, 2.24) is 23.9 Å². The molecule has 5 nitrogen and oxygen atoms in total. The third-order valence-corrected chi connectivity index (χ3v) is 11.5. The highest BCUT2D eigenvalue weighted by molar-refractivity contribution is 6.24. The average Bonchev–Trinajstić information content (AvgIpc) is 3.87. The van der Waals surface area contributed by atoms with Crippen LogP contribution in [0.15, 0.2) is 200 Å². The summed E-state index contributed by atoms with van der Waals surface area (Å²) < 4.78 is 4.65. The van der Waals surface area contributed by atoms with Crippen molar-refractivity contribution >= 4 is 59.9 Å². The highest BCUT2D eigenvalue weighted by atomic mass is 15.2. The summed E-state index contributed by atoms with van der Waals surface area (Å²) in [5, 5.41) is 7.23. The maximum atomic E-state index is 5.33. The van der Waals surface area contributed by atoms with Crippen molar-refractivity contribution in [3.8, 4) is 51.0 Å². The number of aromatic nitrogens is 5. The Balaban J connectivity index is 1.14. The number of pyridine rings is 1. The molecule has 0 atom stereocenters. The van der Waals surface area contributed by atoms with E-state index in [1.807, 2.05) is 12.1 Å².